The summed E-state index contributed by atoms with van der Waals surface area (Å²) in [6.07, 6.45) is 0.499. The molecule has 30 heavy (non-hydrogen) atoms. The minimum absolute atomic E-state index is 0.0686. The van der Waals surface area contributed by atoms with Crippen molar-refractivity contribution in [1.82, 2.24) is 0 Å². The second kappa shape index (κ2) is 11.5. The number of rotatable bonds is 11. The van der Waals surface area contributed by atoms with E-state index in [0.717, 1.165) is 0 Å². The lowest BCUT2D eigenvalue weighted by Gasteiger charge is -2.18. The van der Waals surface area contributed by atoms with E-state index >= 15 is 0 Å². The van der Waals surface area contributed by atoms with Crippen molar-refractivity contribution in [3.63, 3.8) is 0 Å². The number of aromatic hydroxyl groups is 1. The van der Waals surface area contributed by atoms with Crippen molar-refractivity contribution in [3.05, 3.63) is 59.7 Å². The minimum atomic E-state index is -3.80. The van der Waals surface area contributed by atoms with Gasteiger partial charge in [-0.2, -0.15) is 0 Å². The van der Waals surface area contributed by atoms with Gasteiger partial charge in [-0.3, -0.25) is 14.2 Å². The summed E-state index contributed by atoms with van der Waals surface area (Å²) in [5.41, 5.74) is 1.31. The zero-order valence-electron chi connectivity index (χ0n) is 16.9. The van der Waals surface area contributed by atoms with Crippen LogP contribution in [0.15, 0.2) is 48.5 Å². The van der Waals surface area contributed by atoms with Crippen molar-refractivity contribution in [2.45, 2.75) is 33.0 Å². The summed E-state index contributed by atoms with van der Waals surface area (Å²) in [6.45, 7) is 1.74. The van der Waals surface area contributed by atoms with E-state index in [1.165, 1.54) is 19.2 Å². The number of esters is 2. The molecule has 0 radical (unpaired) electrons. The molecule has 0 amide bonds. The maximum atomic E-state index is 13.0. The summed E-state index contributed by atoms with van der Waals surface area (Å²) in [5.74, 6) is -0.538. The molecule has 2 aromatic carbocycles. The molecule has 0 spiro atoms. The van der Waals surface area contributed by atoms with Crippen LogP contribution >= 0.6 is 7.60 Å². The number of phenolic OH excluding ortho intramolecular Hbond substituents is 1. The van der Waals surface area contributed by atoms with Crippen molar-refractivity contribution in [1.29, 1.82) is 0 Å². The van der Waals surface area contributed by atoms with Crippen molar-refractivity contribution in [2.75, 3.05) is 13.3 Å². The standard InChI is InChI=1S/C21H25O8P/c1-3-4-20(23)29-19-11-7-17(8-12-19)14-28-30(25,15-21(24)26-2)27-13-16-5-9-18(22)10-6-16/h5-12,22H,3-4,13-15H2,1-2H3. The molecule has 0 bridgehead atoms. The van der Waals surface area contributed by atoms with Crippen LogP contribution in [-0.2, 0) is 41.2 Å². The number of carbonyl (C=O) groups is 2. The fourth-order valence-electron chi connectivity index (χ4n) is 2.33. The fraction of sp³-hybridized carbons (Fsp3) is 0.333. The largest absolute Gasteiger partial charge is 0.508 e. The van der Waals surface area contributed by atoms with Crippen molar-refractivity contribution >= 4 is 19.5 Å². The number of methoxy groups -OCH3 is 1. The van der Waals surface area contributed by atoms with E-state index in [1.54, 1.807) is 36.4 Å². The van der Waals surface area contributed by atoms with Gasteiger partial charge >= 0.3 is 19.5 Å². The number of hydrogen-bond donors (Lipinski definition) is 1. The third-order valence-electron chi connectivity index (χ3n) is 3.95. The zero-order chi connectivity index (χ0) is 22.0. The number of benzene rings is 2. The molecule has 8 nitrogen and oxygen atoms in total. The molecule has 0 aliphatic rings. The van der Waals surface area contributed by atoms with Gasteiger partial charge < -0.3 is 23.6 Å². The monoisotopic (exact) mass is 436 g/mol. The molecule has 0 heterocycles. The first-order chi connectivity index (χ1) is 14.3. The molecule has 0 saturated heterocycles. The average Bonchev–Trinajstić information content (AvgIpc) is 2.73. The Bertz CT molecular complexity index is 877. The van der Waals surface area contributed by atoms with Gasteiger partial charge in [0.25, 0.3) is 0 Å². The first-order valence-electron chi connectivity index (χ1n) is 9.36. The lowest BCUT2D eigenvalue weighted by Crippen LogP contribution is -2.11. The summed E-state index contributed by atoms with van der Waals surface area (Å²) in [6, 6.07) is 12.7. The second-order valence-electron chi connectivity index (χ2n) is 6.43. The molecule has 0 fully saturated rings. The van der Waals surface area contributed by atoms with Crippen LogP contribution in [0.3, 0.4) is 0 Å². The number of hydrogen-bond acceptors (Lipinski definition) is 8. The summed E-state index contributed by atoms with van der Waals surface area (Å²) in [5, 5.41) is 9.33. The number of carbonyl (C=O) groups excluding carboxylic acids is 2. The fourth-order valence-corrected chi connectivity index (χ4v) is 3.72. The van der Waals surface area contributed by atoms with E-state index in [1.807, 2.05) is 6.92 Å². The van der Waals surface area contributed by atoms with Crippen LogP contribution in [0.5, 0.6) is 11.5 Å². The molecular weight excluding hydrogens is 411 g/mol. The summed E-state index contributed by atoms with van der Waals surface area (Å²) < 4.78 is 33.7. The molecule has 2 aromatic rings. The molecule has 0 aliphatic heterocycles. The van der Waals surface area contributed by atoms with Crippen molar-refractivity contribution in [3.8, 4) is 11.5 Å². The van der Waals surface area contributed by atoms with Gasteiger partial charge in [0.1, 0.15) is 17.7 Å². The smallest absolute Gasteiger partial charge is 0.342 e. The Kier molecular flexibility index (Phi) is 9.05. The third kappa shape index (κ3) is 7.99. The van der Waals surface area contributed by atoms with Crippen molar-refractivity contribution < 1.29 is 37.8 Å². The highest BCUT2D eigenvalue weighted by Crippen LogP contribution is 2.49. The van der Waals surface area contributed by atoms with E-state index in [2.05, 4.69) is 4.74 Å². The molecule has 1 atom stereocenters. The lowest BCUT2D eigenvalue weighted by molar-refractivity contribution is -0.138. The summed E-state index contributed by atoms with van der Waals surface area (Å²) in [4.78, 5) is 23.2. The van der Waals surface area contributed by atoms with Gasteiger partial charge in [-0.1, -0.05) is 31.2 Å². The van der Waals surface area contributed by atoms with Gasteiger partial charge in [-0.15, -0.1) is 0 Å². The van der Waals surface area contributed by atoms with Gasteiger partial charge in [-0.25, -0.2) is 0 Å². The number of phenols is 1. The second-order valence-corrected chi connectivity index (χ2v) is 8.48. The van der Waals surface area contributed by atoms with E-state index < -0.39 is 19.7 Å². The van der Waals surface area contributed by atoms with Gasteiger partial charge in [0.15, 0.2) is 0 Å². The molecular formula is C21H25O8P. The van der Waals surface area contributed by atoms with Crippen LogP contribution < -0.4 is 4.74 Å². The molecule has 1 unspecified atom stereocenters. The highest BCUT2D eigenvalue weighted by Gasteiger charge is 2.29. The third-order valence-corrected chi connectivity index (χ3v) is 5.64. The zero-order valence-corrected chi connectivity index (χ0v) is 17.8. The maximum Gasteiger partial charge on any atom is 0.342 e. The van der Waals surface area contributed by atoms with Crippen LogP contribution in [-0.4, -0.2) is 30.3 Å². The number of ether oxygens (including phenoxy) is 2. The molecule has 162 valence electrons. The normalized spacial score (nSPS) is 12.7. The average molecular weight is 436 g/mol. The first kappa shape index (κ1) is 23.6. The molecule has 1 N–H and O–H groups in total. The molecule has 0 aliphatic carbocycles. The Morgan fingerprint density at radius 3 is 1.93 bits per heavy atom. The van der Waals surface area contributed by atoms with Crippen LogP contribution in [0, 0.1) is 0 Å². The van der Waals surface area contributed by atoms with Gasteiger partial charge in [0.2, 0.25) is 0 Å². The van der Waals surface area contributed by atoms with Crippen LogP contribution in [0.25, 0.3) is 0 Å². The van der Waals surface area contributed by atoms with Crippen LogP contribution in [0.2, 0.25) is 0 Å². The molecule has 9 heteroatoms. The van der Waals surface area contributed by atoms with Crippen LogP contribution in [0.1, 0.15) is 30.9 Å². The quantitative estimate of drug-likeness (QED) is 0.317. The predicted octanol–water partition coefficient (Wildman–Crippen LogP) is 4.20. The van der Waals surface area contributed by atoms with Gasteiger partial charge in [0, 0.05) is 6.42 Å². The molecule has 0 aromatic heterocycles. The van der Waals surface area contributed by atoms with E-state index in [-0.39, 0.29) is 24.9 Å². The SMILES string of the molecule is CCCC(=O)Oc1ccc(COP(=O)(CC(=O)OC)OCc2ccc(O)cc2)cc1. The van der Waals surface area contributed by atoms with E-state index in [0.29, 0.717) is 29.7 Å². The predicted molar refractivity (Wildman–Crippen MR) is 109 cm³/mol. The van der Waals surface area contributed by atoms with E-state index in [4.69, 9.17) is 13.8 Å². The van der Waals surface area contributed by atoms with Crippen molar-refractivity contribution in [2.24, 2.45) is 0 Å². The Morgan fingerprint density at radius 2 is 1.43 bits per heavy atom. The van der Waals surface area contributed by atoms with Gasteiger partial charge in [0.05, 0.1) is 20.3 Å². The summed E-state index contributed by atoms with van der Waals surface area (Å²) >= 11 is 0. The highest BCUT2D eigenvalue weighted by molar-refractivity contribution is 7.54. The minimum Gasteiger partial charge on any atom is -0.508 e. The Morgan fingerprint density at radius 1 is 0.900 bits per heavy atom. The first-order valence-corrected chi connectivity index (χ1v) is 11.1. The molecule has 2 rings (SSSR count). The van der Waals surface area contributed by atoms with Gasteiger partial charge in [-0.05, 0) is 41.8 Å². The lowest BCUT2D eigenvalue weighted by atomic mass is 10.2. The summed E-state index contributed by atoms with van der Waals surface area (Å²) in [7, 11) is -2.61. The van der Waals surface area contributed by atoms with Crippen LogP contribution in [0.4, 0.5) is 0 Å². The van der Waals surface area contributed by atoms with E-state index in [9.17, 15) is 19.3 Å². The maximum absolute atomic E-state index is 13.0. The Labute approximate surface area is 175 Å². The highest BCUT2D eigenvalue weighted by atomic mass is 31.2. The Balaban J connectivity index is 1.99. The topological polar surface area (TPSA) is 108 Å². The Hall–Kier alpha value is -2.67. The molecule has 0 saturated carbocycles.